The summed E-state index contributed by atoms with van der Waals surface area (Å²) in [5.41, 5.74) is -0.304. The number of aromatic nitrogens is 1. The highest BCUT2D eigenvalue weighted by Gasteiger charge is 2.39. The molecule has 2 unspecified atom stereocenters. The van der Waals surface area contributed by atoms with Gasteiger partial charge in [0.2, 0.25) is 0 Å². The molecular formula is C13H17N3S. The fourth-order valence-corrected chi connectivity index (χ4v) is 3.55. The predicted molar refractivity (Wildman–Crippen MR) is 69.8 cm³/mol. The maximum Gasteiger partial charge on any atom is 0.107 e. The standard InChI is InChI=1S/C13H17N3S/c1-2-16-13(10-14)7-6-11(9-13)17-12-5-3-4-8-15-12/h3-5,8,11,16H,2,6-7,9H2,1H3. The third kappa shape index (κ3) is 2.99. The van der Waals surface area contributed by atoms with Gasteiger partial charge in [-0.05, 0) is 37.9 Å². The molecule has 0 bridgehead atoms. The Hall–Kier alpha value is -1.05. The highest BCUT2D eigenvalue weighted by molar-refractivity contribution is 7.99. The van der Waals surface area contributed by atoms with Crippen molar-refractivity contribution in [1.82, 2.24) is 10.3 Å². The maximum atomic E-state index is 9.29. The van der Waals surface area contributed by atoms with Crippen molar-refractivity contribution in [2.75, 3.05) is 6.54 Å². The molecule has 1 aromatic rings. The molecule has 2 rings (SSSR count). The van der Waals surface area contributed by atoms with Crippen molar-refractivity contribution in [3.8, 4) is 6.07 Å². The molecule has 1 aliphatic rings. The summed E-state index contributed by atoms with van der Waals surface area (Å²) in [6, 6.07) is 8.41. The van der Waals surface area contributed by atoms with Crippen LogP contribution in [0.4, 0.5) is 0 Å². The van der Waals surface area contributed by atoms with E-state index in [9.17, 15) is 5.26 Å². The van der Waals surface area contributed by atoms with E-state index in [1.165, 1.54) is 0 Å². The van der Waals surface area contributed by atoms with E-state index in [1.807, 2.05) is 24.4 Å². The van der Waals surface area contributed by atoms with Gasteiger partial charge in [0.05, 0.1) is 11.1 Å². The van der Waals surface area contributed by atoms with Crippen molar-refractivity contribution in [1.29, 1.82) is 5.26 Å². The van der Waals surface area contributed by atoms with E-state index in [-0.39, 0.29) is 5.54 Å². The Bertz CT molecular complexity index is 401. The molecule has 2 atom stereocenters. The summed E-state index contributed by atoms with van der Waals surface area (Å²) in [6.45, 7) is 2.91. The maximum absolute atomic E-state index is 9.29. The third-order valence-corrected chi connectivity index (χ3v) is 4.34. The molecule has 0 amide bonds. The molecule has 1 aromatic heterocycles. The highest BCUT2D eigenvalue weighted by Crippen LogP contribution is 2.39. The Morgan fingerprint density at radius 3 is 3.18 bits per heavy atom. The van der Waals surface area contributed by atoms with Crippen LogP contribution in [0.1, 0.15) is 26.2 Å². The minimum atomic E-state index is -0.304. The predicted octanol–water partition coefficient (Wildman–Crippen LogP) is 2.60. The summed E-state index contributed by atoms with van der Waals surface area (Å²) in [5, 5.41) is 14.2. The van der Waals surface area contributed by atoms with Crippen molar-refractivity contribution in [3.63, 3.8) is 0 Å². The Labute approximate surface area is 107 Å². The van der Waals surface area contributed by atoms with Gasteiger partial charge in [0, 0.05) is 11.4 Å². The third-order valence-electron chi connectivity index (χ3n) is 3.12. The van der Waals surface area contributed by atoms with Gasteiger partial charge < -0.3 is 0 Å². The zero-order chi connectivity index (χ0) is 12.1. The van der Waals surface area contributed by atoms with Crippen LogP contribution in [0.15, 0.2) is 29.4 Å². The molecule has 17 heavy (non-hydrogen) atoms. The van der Waals surface area contributed by atoms with Crippen LogP contribution in [0, 0.1) is 11.3 Å². The first-order valence-electron chi connectivity index (χ1n) is 6.02. The zero-order valence-corrected chi connectivity index (χ0v) is 10.8. The van der Waals surface area contributed by atoms with Gasteiger partial charge in [0.25, 0.3) is 0 Å². The van der Waals surface area contributed by atoms with Crippen LogP contribution in [0.2, 0.25) is 0 Å². The monoisotopic (exact) mass is 247 g/mol. The van der Waals surface area contributed by atoms with Gasteiger partial charge in [-0.15, -0.1) is 11.8 Å². The molecule has 0 aliphatic heterocycles. The second-order valence-corrected chi connectivity index (χ2v) is 5.70. The Morgan fingerprint density at radius 1 is 1.65 bits per heavy atom. The molecule has 1 N–H and O–H groups in total. The Kier molecular flexibility index (Phi) is 4.03. The lowest BCUT2D eigenvalue weighted by Crippen LogP contribution is -2.41. The van der Waals surface area contributed by atoms with Crippen LogP contribution in [-0.4, -0.2) is 22.3 Å². The lowest BCUT2D eigenvalue weighted by molar-refractivity contribution is 0.436. The fourth-order valence-electron chi connectivity index (χ4n) is 2.33. The van der Waals surface area contributed by atoms with Gasteiger partial charge in [-0.1, -0.05) is 13.0 Å². The van der Waals surface area contributed by atoms with E-state index < -0.39 is 0 Å². The fraction of sp³-hybridized carbons (Fsp3) is 0.538. The molecule has 1 saturated carbocycles. The van der Waals surface area contributed by atoms with Crippen molar-refractivity contribution in [3.05, 3.63) is 24.4 Å². The second-order valence-electron chi connectivity index (χ2n) is 4.37. The summed E-state index contributed by atoms with van der Waals surface area (Å²) in [6.07, 6.45) is 4.77. The first kappa shape index (κ1) is 12.4. The van der Waals surface area contributed by atoms with Crippen LogP contribution in [-0.2, 0) is 0 Å². The lowest BCUT2D eigenvalue weighted by atomic mass is 10.0. The first-order valence-corrected chi connectivity index (χ1v) is 6.90. The van der Waals surface area contributed by atoms with E-state index in [1.54, 1.807) is 11.8 Å². The van der Waals surface area contributed by atoms with E-state index in [4.69, 9.17) is 0 Å². The SMILES string of the molecule is CCNC1(C#N)CCC(Sc2ccccn2)C1. The zero-order valence-electron chi connectivity index (χ0n) is 10.0. The average Bonchev–Trinajstić information content (AvgIpc) is 2.75. The van der Waals surface area contributed by atoms with Crippen LogP contribution in [0.3, 0.4) is 0 Å². The quantitative estimate of drug-likeness (QED) is 0.888. The number of rotatable bonds is 4. The van der Waals surface area contributed by atoms with E-state index in [0.29, 0.717) is 5.25 Å². The molecule has 1 fully saturated rings. The van der Waals surface area contributed by atoms with Gasteiger partial charge in [-0.2, -0.15) is 5.26 Å². The van der Waals surface area contributed by atoms with Crippen LogP contribution in [0.25, 0.3) is 0 Å². The Morgan fingerprint density at radius 2 is 2.53 bits per heavy atom. The number of thioether (sulfide) groups is 1. The molecule has 4 heteroatoms. The topological polar surface area (TPSA) is 48.7 Å². The molecule has 1 heterocycles. The van der Waals surface area contributed by atoms with Crippen LogP contribution < -0.4 is 5.32 Å². The molecule has 0 aromatic carbocycles. The van der Waals surface area contributed by atoms with E-state index in [2.05, 4.69) is 23.3 Å². The van der Waals surface area contributed by atoms with Crippen molar-refractivity contribution < 1.29 is 0 Å². The number of nitrogens with zero attached hydrogens (tertiary/aromatic N) is 2. The summed E-state index contributed by atoms with van der Waals surface area (Å²) in [4.78, 5) is 4.32. The van der Waals surface area contributed by atoms with Gasteiger partial charge in [-0.25, -0.2) is 4.98 Å². The van der Waals surface area contributed by atoms with Gasteiger partial charge >= 0.3 is 0 Å². The van der Waals surface area contributed by atoms with Crippen molar-refractivity contribution >= 4 is 11.8 Å². The van der Waals surface area contributed by atoms with Crippen molar-refractivity contribution in [2.45, 2.75) is 42.0 Å². The minimum Gasteiger partial charge on any atom is -0.300 e. The van der Waals surface area contributed by atoms with E-state index in [0.717, 1.165) is 30.8 Å². The number of pyridine rings is 1. The molecule has 0 saturated heterocycles. The molecule has 3 nitrogen and oxygen atoms in total. The molecule has 1 aliphatic carbocycles. The van der Waals surface area contributed by atoms with Gasteiger partial charge in [0.1, 0.15) is 5.54 Å². The summed E-state index contributed by atoms with van der Waals surface area (Å²) >= 11 is 1.79. The number of nitriles is 1. The summed E-state index contributed by atoms with van der Waals surface area (Å²) < 4.78 is 0. The molecule has 0 radical (unpaired) electrons. The Balaban J connectivity index is 1.96. The normalized spacial score (nSPS) is 27.9. The smallest absolute Gasteiger partial charge is 0.107 e. The number of hydrogen-bond donors (Lipinski definition) is 1. The summed E-state index contributed by atoms with van der Waals surface area (Å²) in [7, 11) is 0. The van der Waals surface area contributed by atoms with Gasteiger partial charge in [0.15, 0.2) is 0 Å². The summed E-state index contributed by atoms with van der Waals surface area (Å²) in [5.74, 6) is 0. The lowest BCUT2D eigenvalue weighted by Gasteiger charge is -2.21. The van der Waals surface area contributed by atoms with Crippen LogP contribution in [0.5, 0.6) is 0 Å². The molecule has 0 spiro atoms. The molecular weight excluding hydrogens is 230 g/mol. The second kappa shape index (κ2) is 5.52. The minimum absolute atomic E-state index is 0.304. The van der Waals surface area contributed by atoms with Crippen molar-refractivity contribution in [2.24, 2.45) is 0 Å². The molecule has 90 valence electrons. The van der Waals surface area contributed by atoms with Gasteiger partial charge in [-0.3, -0.25) is 5.32 Å². The first-order chi connectivity index (χ1) is 8.28. The highest BCUT2D eigenvalue weighted by atomic mass is 32.2. The number of hydrogen-bond acceptors (Lipinski definition) is 4. The number of nitrogens with one attached hydrogen (secondary N) is 1. The average molecular weight is 247 g/mol. The van der Waals surface area contributed by atoms with E-state index >= 15 is 0 Å². The van der Waals surface area contributed by atoms with Crippen LogP contribution >= 0.6 is 11.8 Å². The largest absolute Gasteiger partial charge is 0.300 e.